The van der Waals surface area contributed by atoms with Gasteiger partial charge >= 0.3 is 0 Å². The van der Waals surface area contributed by atoms with Crippen LogP contribution in [0, 0.1) is 6.92 Å². The van der Waals surface area contributed by atoms with Crippen molar-refractivity contribution < 1.29 is 4.74 Å². The summed E-state index contributed by atoms with van der Waals surface area (Å²) in [7, 11) is 0. The number of aryl methyl sites for hydroxylation is 1. The number of hydrogen-bond acceptors (Lipinski definition) is 5. The van der Waals surface area contributed by atoms with Gasteiger partial charge in [-0.15, -0.1) is 0 Å². The van der Waals surface area contributed by atoms with Crippen LogP contribution < -0.4 is 11.1 Å². The van der Waals surface area contributed by atoms with E-state index in [1.54, 1.807) is 0 Å². The summed E-state index contributed by atoms with van der Waals surface area (Å²) in [5, 5.41) is 3.50. The molecule has 0 radical (unpaired) electrons. The van der Waals surface area contributed by atoms with E-state index < -0.39 is 0 Å². The zero-order chi connectivity index (χ0) is 12.7. The zero-order valence-electron chi connectivity index (χ0n) is 10.9. The normalized spacial score (nSPS) is 29.8. The van der Waals surface area contributed by atoms with Crippen LogP contribution in [0.2, 0.25) is 0 Å². The molecule has 1 aromatic rings. The summed E-state index contributed by atoms with van der Waals surface area (Å²) in [5.41, 5.74) is 6.86. The minimum atomic E-state index is 0.343. The Morgan fingerprint density at radius 2 is 2.22 bits per heavy atom. The molecule has 2 fully saturated rings. The first-order valence-electron chi connectivity index (χ1n) is 6.72. The molecule has 0 amide bonds. The van der Waals surface area contributed by atoms with E-state index in [1.807, 2.05) is 13.8 Å². The lowest BCUT2D eigenvalue weighted by Crippen LogP contribution is -2.31. The molecule has 3 atom stereocenters. The number of nitrogens with one attached hydrogen (secondary N) is 1. The van der Waals surface area contributed by atoms with E-state index in [-0.39, 0.29) is 0 Å². The minimum absolute atomic E-state index is 0.343. The van der Waals surface area contributed by atoms with E-state index in [9.17, 15) is 0 Å². The van der Waals surface area contributed by atoms with Crippen molar-refractivity contribution in [1.82, 2.24) is 9.97 Å². The Morgan fingerprint density at radius 3 is 2.83 bits per heavy atom. The first kappa shape index (κ1) is 11.7. The van der Waals surface area contributed by atoms with Gasteiger partial charge in [0.05, 0.1) is 18.2 Å². The fourth-order valence-corrected chi connectivity index (χ4v) is 2.85. The summed E-state index contributed by atoms with van der Waals surface area (Å²) < 4.78 is 5.85. The van der Waals surface area contributed by atoms with Gasteiger partial charge in [0.2, 0.25) is 0 Å². The fraction of sp³-hybridized carbons (Fsp3) is 0.692. The second kappa shape index (κ2) is 4.39. The Labute approximate surface area is 107 Å². The molecule has 1 aromatic heterocycles. The number of nitrogens with two attached hydrogens (primary N) is 1. The predicted octanol–water partition coefficient (Wildman–Crippen LogP) is 1.66. The Morgan fingerprint density at radius 1 is 1.39 bits per heavy atom. The number of nitrogen functional groups attached to an aromatic ring is 1. The number of ether oxygens (including phenoxy) is 1. The smallest absolute Gasteiger partial charge is 0.135 e. The SMILES string of the molecule is CCc1nc(N)c(C)c(NC2CC3CCC2O3)n1. The van der Waals surface area contributed by atoms with Gasteiger partial charge in [0.1, 0.15) is 17.5 Å². The largest absolute Gasteiger partial charge is 0.383 e. The number of hydrogen-bond donors (Lipinski definition) is 2. The van der Waals surface area contributed by atoms with Crippen molar-refractivity contribution in [2.24, 2.45) is 0 Å². The van der Waals surface area contributed by atoms with Crippen molar-refractivity contribution >= 4 is 11.6 Å². The van der Waals surface area contributed by atoms with Crippen molar-refractivity contribution in [2.45, 2.75) is 57.8 Å². The lowest BCUT2D eigenvalue weighted by molar-refractivity contribution is 0.102. The molecule has 2 saturated heterocycles. The summed E-state index contributed by atoms with van der Waals surface area (Å²) in [5.74, 6) is 2.25. The lowest BCUT2D eigenvalue weighted by atomic mass is 9.95. The molecule has 2 aliphatic heterocycles. The predicted molar refractivity (Wildman–Crippen MR) is 70.5 cm³/mol. The molecule has 0 saturated carbocycles. The summed E-state index contributed by atoms with van der Waals surface area (Å²) >= 11 is 0. The van der Waals surface area contributed by atoms with Gasteiger partial charge < -0.3 is 15.8 Å². The van der Waals surface area contributed by atoms with Gasteiger partial charge in [-0.1, -0.05) is 6.92 Å². The molecular weight excluding hydrogens is 228 g/mol. The molecule has 3 heterocycles. The number of nitrogens with zero attached hydrogens (tertiary/aromatic N) is 2. The first-order chi connectivity index (χ1) is 8.67. The van der Waals surface area contributed by atoms with Crippen LogP contribution in [-0.2, 0) is 11.2 Å². The van der Waals surface area contributed by atoms with Crippen LogP contribution in [-0.4, -0.2) is 28.2 Å². The van der Waals surface area contributed by atoms with Crippen molar-refractivity contribution in [3.05, 3.63) is 11.4 Å². The number of rotatable bonds is 3. The Hall–Kier alpha value is -1.36. The third kappa shape index (κ3) is 1.92. The maximum Gasteiger partial charge on any atom is 0.135 e. The first-order valence-corrected chi connectivity index (χ1v) is 6.72. The van der Waals surface area contributed by atoms with E-state index in [2.05, 4.69) is 15.3 Å². The van der Waals surface area contributed by atoms with Crippen LogP contribution in [0.4, 0.5) is 11.6 Å². The van der Waals surface area contributed by atoms with E-state index in [1.165, 1.54) is 6.42 Å². The molecule has 3 rings (SSSR count). The highest BCUT2D eigenvalue weighted by Crippen LogP contribution is 2.36. The fourth-order valence-electron chi connectivity index (χ4n) is 2.85. The average Bonchev–Trinajstić information content (AvgIpc) is 2.96. The molecule has 98 valence electrons. The second-order valence-corrected chi connectivity index (χ2v) is 5.21. The second-order valence-electron chi connectivity index (χ2n) is 5.21. The van der Waals surface area contributed by atoms with Gasteiger partial charge in [-0.2, -0.15) is 0 Å². The quantitative estimate of drug-likeness (QED) is 0.851. The van der Waals surface area contributed by atoms with Gasteiger partial charge in [0, 0.05) is 12.0 Å². The van der Waals surface area contributed by atoms with E-state index >= 15 is 0 Å². The molecule has 18 heavy (non-hydrogen) atoms. The van der Waals surface area contributed by atoms with E-state index in [0.29, 0.717) is 24.1 Å². The molecule has 0 aliphatic carbocycles. The lowest BCUT2D eigenvalue weighted by Gasteiger charge is -2.22. The number of anilines is 2. The highest BCUT2D eigenvalue weighted by molar-refractivity contribution is 5.55. The average molecular weight is 248 g/mol. The molecule has 3 unspecified atom stereocenters. The summed E-state index contributed by atoms with van der Waals surface area (Å²) in [6.45, 7) is 4.00. The zero-order valence-corrected chi connectivity index (χ0v) is 10.9. The van der Waals surface area contributed by atoms with E-state index in [4.69, 9.17) is 10.5 Å². The monoisotopic (exact) mass is 248 g/mol. The third-order valence-corrected chi connectivity index (χ3v) is 3.97. The maximum atomic E-state index is 5.92. The van der Waals surface area contributed by atoms with Crippen LogP contribution in [0.3, 0.4) is 0 Å². The minimum Gasteiger partial charge on any atom is -0.383 e. The molecule has 2 aliphatic rings. The Bertz CT molecular complexity index is 463. The van der Waals surface area contributed by atoms with Crippen molar-refractivity contribution in [3.8, 4) is 0 Å². The van der Waals surface area contributed by atoms with Crippen LogP contribution >= 0.6 is 0 Å². The van der Waals surface area contributed by atoms with Crippen LogP contribution in [0.15, 0.2) is 0 Å². The standard InChI is InChI=1S/C13H20N4O/c1-3-11-16-12(14)7(2)13(17-11)15-9-6-8-4-5-10(9)18-8/h8-10H,3-6H2,1-2H3,(H3,14,15,16,17). The summed E-state index contributed by atoms with van der Waals surface area (Å²) in [4.78, 5) is 8.81. The van der Waals surface area contributed by atoms with Crippen LogP contribution in [0.1, 0.15) is 37.6 Å². The van der Waals surface area contributed by atoms with Gasteiger partial charge in [0.15, 0.2) is 0 Å². The van der Waals surface area contributed by atoms with Crippen LogP contribution in [0.5, 0.6) is 0 Å². The molecule has 3 N–H and O–H groups in total. The van der Waals surface area contributed by atoms with Crippen LogP contribution in [0.25, 0.3) is 0 Å². The number of fused-ring (bicyclic) bond motifs is 2. The Kier molecular flexibility index (Phi) is 2.86. The highest BCUT2D eigenvalue weighted by atomic mass is 16.5. The summed E-state index contributed by atoms with van der Waals surface area (Å²) in [6, 6.07) is 0.376. The number of aromatic nitrogens is 2. The Balaban J connectivity index is 1.81. The molecule has 0 aromatic carbocycles. The molecule has 5 nitrogen and oxygen atoms in total. The van der Waals surface area contributed by atoms with Gasteiger partial charge in [-0.25, -0.2) is 9.97 Å². The molecule has 2 bridgehead atoms. The van der Waals surface area contributed by atoms with Crippen molar-refractivity contribution in [2.75, 3.05) is 11.1 Å². The molecular formula is C13H20N4O. The van der Waals surface area contributed by atoms with E-state index in [0.717, 1.165) is 36.5 Å². The van der Waals surface area contributed by atoms with Crippen molar-refractivity contribution in [3.63, 3.8) is 0 Å². The summed E-state index contributed by atoms with van der Waals surface area (Å²) in [6.07, 6.45) is 5.02. The third-order valence-electron chi connectivity index (χ3n) is 3.97. The van der Waals surface area contributed by atoms with Gasteiger partial charge in [-0.3, -0.25) is 0 Å². The van der Waals surface area contributed by atoms with Gasteiger partial charge in [-0.05, 0) is 26.2 Å². The highest BCUT2D eigenvalue weighted by Gasteiger charge is 2.41. The maximum absolute atomic E-state index is 5.92. The molecule has 0 spiro atoms. The van der Waals surface area contributed by atoms with Gasteiger partial charge in [0.25, 0.3) is 0 Å². The molecule has 5 heteroatoms. The van der Waals surface area contributed by atoms with Crippen molar-refractivity contribution in [1.29, 1.82) is 0 Å². The topological polar surface area (TPSA) is 73.1 Å².